The first-order valence-corrected chi connectivity index (χ1v) is 7.35. The fraction of sp³-hybridized carbons (Fsp3) is 0.500. The quantitative estimate of drug-likeness (QED) is 0.636. The SMILES string of the molecule is Cc1ccc(NCCC(C)S(C)=O)c([N+](=O)[O-])c1. The molecular weight excluding hydrogens is 252 g/mol. The Morgan fingerprint density at radius 3 is 2.72 bits per heavy atom. The van der Waals surface area contributed by atoms with Crippen LogP contribution in [-0.4, -0.2) is 27.2 Å². The topological polar surface area (TPSA) is 72.2 Å². The molecule has 5 nitrogen and oxygen atoms in total. The molecule has 100 valence electrons. The van der Waals surface area contributed by atoms with Gasteiger partial charge in [-0.2, -0.15) is 0 Å². The van der Waals surface area contributed by atoms with Crippen molar-refractivity contribution in [3.8, 4) is 0 Å². The van der Waals surface area contributed by atoms with Crippen LogP contribution in [0.5, 0.6) is 0 Å². The van der Waals surface area contributed by atoms with E-state index in [4.69, 9.17) is 0 Å². The van der Waals surface area contributed by atoms with Crippen LogP contribution in [0.25, 0.3) is 0 Å². The normalized spacial score (nSPS) is 13.9. The fourth-order valence-electron chi connectivity index (χ4n) is 1.52. The zero-order valence-electron chi connectivity index (χ0n) is 10.8. The second-order valence-corrected chi connectivity index (χ2v) is 6.10. The van der Waals surface area contributed by atoms with Crippen LogP contribution in [0.2, 0.25) is 0 Å². The van der Waals surface area contributed by atoms with Gasteiger partial charge in [-0.25, -0.2) is 0 Å². The van der Waals surface area contributed by atoms with Crippen LogP contribution in [0.4, 0.5) is 11.4 Å². The van der Waals surface area contributed by atoms with Crippen LogP contribution < -0.4 is 5.32 Å². The third kappa shape index (κ3) is 4.10. The summed E-state index contributed by atoms with van der Waals surface area (Å²) in [6.07, 6.45) is 2.38. The first kappa shape index (κ1) is 14.6. The van der Waals surface area contributed by atoms with Crippen LogP contribution in [0.1, 0.15) is 18.9 Å². The lowest BCUT2D eigenvalue weighted by atomic mass is 10.2. The zero-order chi connectivity index (χ0) is 13.7. The number of hydrogen-bond donors (Lipinski definition) is 1. The zero-order valence-corrected chi connectivity index (χ0v) is 11.6. The Bertz CT molecular complexity index is 463. The van der Waals surface area contributed by atoms with Crippen molar-refractivity contribution in [2.45, 2.75) is 25.5 Å². The Balaban J connectivity index is 2.67. The largest absolute Gasteiger partial charge is 0.379 e. The lowest BCUT2D eigenvalue weighted by molar-refractivity contribution is -0.384. The van der Waals surface area contributed by atoms with Crippen LogP contribution in [0.3, 0.4) is 0 Å². The van der Waals surface area contributed by atoms with Crippen molar-refractivity contribution < 1.29 is 9.13 Å². The molecule has 1 N–H and O–H groups in total. The van der Waals surface area contributed by atoms with Crippen LogP contribution >= 0.6 is 0 Å². The minimum atomic E-state index is -0.860. The molecule has 1 aromatic rings. The van der Waals surface area contributed by atoms with Crippen LogP contribution in [0, 0.1) is 17.0 Å². The van der Waals surface area contributed by atoms with Crippen molar-refractivity contribution in [2.75, 3.05) is 18.1 Å². The molecule has 2 atom stereocenters. The van der Waals surface area contributed by atoms with Gasteiger partial charge in [-0.3, -0.25) is 14.3 Å². The highest BCUT2D eigenvalue weighted by atomic mass is 32.2. The van der Waals surface area contributed by atoms with Crippen molar-refractivity contribution in [3.63, 3.8) is 0 Å². The van der Waals surface area contributed by atoms with Gasteiger partial charge in [0.2, 0.25) is 0 Å². The Hall–Kier alpha value is -1.43. The van der Waals surface area contributed by atoms with E-state index in [-0.39, 0.29) is 10.9 Å². The fourth-order valence-corrected chi connectivity index (χ4v) is 1.97. The van der Waals surface area contributed by atoms with Gasteiger partial charge in [0, 0.05) is 34.9 Å². The van der Waals surface area contributed by atoms with Crippen molar-refractivity contribution in [3.05, 3.63) is 33.9 Å². The number of hydrogen-bond acceptors (Lipinski definition) is 4. The van der Waals surface area contributed by atoms with E-state index in [1.54, 1.807) is 18.4 Å². The monoisotopic (exact) mass is 270 g/mol. The molecule has 0 aliphatic carbocycles. The Kier molecular flexibility index (Phi) is 5.27. The van der Waals surface area contributed by atoms with Gasteiger partial charge in [0.1, 0.15) is 5.69 Å². The van der Waals surface area contributed by atoms with E-state index in [9.17, 15) is 14.3 Å². The van der Waals surface area contributed by atoms with Crippen molar-refractivity contribution in [2.24, 2.45) is 0 Å². The molecule has 1 aromatic carbocycles. The molecule has 6 heteroatoms. The first-order chi connectivity index (χ1) is 8.41. The molecule has 18 heavy (non-hydrogen) atoms. The third-order valence-corrected chi connectivity index (χ3v) is 4.15. The van der Waals surface area contributed by atoms with E-state index in [0.717, 1.165) is 5.56 Å². The second-order valence-electron chi connectivity index (χ2n) is 4.30. The summed E-state index contributed by atoms with van der Waals surface area (Å²) >= 11 is 0. The number of nitrogens with one attached hydrogen (secondary N) is 1. The molecule has 0 aromatic heterocycles. The van der Waals surface area contributed by atoms with Crippen molar-refractivity contribution in [1.82, 2.24) is 0 Å². The molecule has 0 saturated heterocycles. The average molecular weight is 270 g/mol. The Labute approximate surface area is 109 Å². The first-order valence-electron chi connectivity index (χ1n) is 5.73. The van der Waals surface area contributed by atoms with E-state index in [1.807, 2.05) is 19.9 Å². The highest BCUT2D eigenvalue weighted by Crippen LogP contribution is 2.25. The number of nitro benzene ring substituents is 1. The summed E-state index contributed by atoms with van der Waals surface area (Å²) in [7, 11) is -0.860. The predicted molar refractivity (Wildman–Crippen MR) is 74.5 cm³/mol. The van der Waals surface area contributed by atoms with Gasteiger partial charge in [0.15, 0.2) is 0 Å². The summed E-state index contributed by atoms with van der Waals surface area (Å²) in [5.74, 6) is 0. The maximum Gasteiger partial charge on any atom is 0.292 e. The van der Waals surface area contributed by atoms with Gasteiger partial charge in [0.25, 0.3) is 5.69 Å². The number of benzene rings is 1. The maximum atomic E-state index is 11.2. The summed E-state index contributed by atoms with van der Waals surface area (Å²) in [6, 6.07) is 5.08. The van der Waals surface area contributed by atoms with Crippen molar-refractivity contribution in [1.29, 1.82) is 0 Å². The molecule has 0 radical (unpaired) electrons. The summed E-state index contributed by atoms with van der Waals surface area (Å²) in [5.41, 5.74) is 1.45. The maximum absolute atomic E-state index is 11.2. The minimum absolute atomic E-state index is 0.0836. The number of nitro groups is 1. The molecule has 0 heterocycles. The predicted octanol–water partition coefficient (Wildman–Crippen LogP) is 2.47. The number of nitrogens with zero attached hydrogens (tertiary/aromatic N) is 1. The van der Waals surface area contributed by atoms with E-state index in [1.165, 1.54) is 0 Å². The molecule has 0 aliphatic rings. The highest BCUT2D eigenvalue weighted by molar-refractivity contribution is 7.84. The summed E-state index contributed by atoms with van der Waals surface area (Å²) in [5, 5.41) is 14.0. The van der Waals surface area contributed by atoms with Gasteiger partial charge in [-0.1, -0.05) is 13.0 Å². The van der Waals surface area contributed by atoms with E-state index < -0.39 is 15.7 Å². The number of anilines is 1. The summed E-state index contributed by atoms with van der Waals surface area (Å²) in [4.78, 5) is 10.5. The molecule has 0 spiro atoms. The molecule has 0 amide bonds. The van der Waals surface area contributed by atoms with E-state index in [2.05, 4.69) is 5.32 Å². The molecule has 0 saturated carbocycles. The van der Waals surface area contributed by atoms with Gasteiger partial charge >= 0.3 is 0 Å². The summed E-state index contributed by atoms with van der Waals surface area (Å²) in [6.45, 7) is 4.30. The van der Waals surface area contributed by atoms with Gasteiger partial charge < -0.3 is 5.32 Å². The molecule has 1 rings (SSSR count). The minimum Gasteiger partial charge on any atom is -0.379 e. The van der Waals surface area contributed by atoms with Gasteiger partial charge in [-0.05, 0) is 25.0 Å². The Morgan fingerprint density at radius 1 is 1.50 bits per heavy atom. The third-order valence-electron chi connectivity index (χ3n) is 2.78. The molecule has 2 unspecified atom stereocenters. The number of rotatable bonds is 6. The van der Waals surface area contributed by atoms with Crippen LogP contribution in [0.15, 0.2) is 18.2 Å². The van der Waals surface area contributed by atoms with E-state index >= 15 is 0 Å². The number of aryl methyl sites for hydroxylation is 1. The molecule has 0 aliphatic heterocycles. The molecule has 0 fully saturated rings. The highest BCUT2D eigenvalue weighted by Gasteiger charge is 2.13. The lowest BCUT2D eigenvalue weighted by Gasteiger charge is -2.10. The smallest absolute Gasteiger partial charge is 0.292 e. The van der Waals surface area contributed by atoms with Gasteiger partial charge in [0.05, 0.1) is 4.92 Å². The second kappa shape index (κ2) is 6.49. The van der Waals surface area contributed by atoms with Crippen LogP contribution in [-0.2, 0) is 10.8 Å². The average Bonchev–Trinajstić information content (AvgIpc) is 2.30. The summed E-state index contributed by atoms with van der Waals surface area (Å²) < 4.78 is 11.2. The Morgan fingerprint density at radius 2 is 2.17 bits per heavy atom. The van der Waals surface area contributed by atoms with E-state index in [0.29, 0.717) is 18.7 Å². The van der Waals surface area contributed by atoms with Gasteiger partial charge in [-0.15, -0.1) is 0 Å². The standard InChI is InChI=1S/C12H18N2O3S/c1-9-4-5-11(12(8-9)14(15)16)13-7-6-10(2)18(3)17/h4-5,8,10,13H,6-7H2,1-3H3. The molecular formula is C12H18N2O3S. The molecule has 0 bridgehead atoms. The van der Waals surface area contributed by atoms with Crippen molar-refractivity contribution >= 4 is 22.2 Å². The lowest BCUT2D eigenvalue weighted by Crippen LogP contribution is -2.15.